The summed E-state index contributed by atoms with van der Waals surface area (Å²) in [6, 6.07) is 5.34. The molecular formula is C24H26ClFN4O5S. The highest BCUT2D eigenvalue weighted by atomic mass is 35.5. The molecule has 1 aromatic carbocycles. The van der Waals surface area contributed by atoms with E-state index in [-0.39, 0.29) is 47.5 Å². The number of hydrogen-bond acceptors (Lipinski definition) is 7. The van der Waals surface area contributed by atoms with Crippen molar-refractivity contribution in [2.24, 2.45) is 0 Å². The van der Waals surface area contributed by atoms with E-state index in [1.54, 1.807) is 29.4 Å². The van der Waals surface area contributed by atoms with Gasteiger partial charge in [-0.05, 0) is 55.8 Å². The highest BCUT2D eigenvalue weighted by Gasteiger charge is 2.46. The van der Waals surface area contributed by atoms with Gasteiger partial charge in [0, 0.05) is 37.1 Å². The smallest absolute Gasteiger partial charge is 0.243 e. The number of halogens is 2. The van der Waals surface area contributed by atoms with E-state index in [0.29, 0.717) is 25.9 Å². The predicted molar refractivity (Wildman–Crippen MR) is 131 cm³/mol. The number of aromatic nitrogens is 1. The second-order valence-corrected chi connectivity index (χ2v) is 11.6. The number of rotatable bonds is 5. The average molecular weight is 537 g/mol. The van der Waals surface area contributed by atoms with Gasteiger partial charge in [-0.3, -0.25) is 9.78 Å². The molecule has 4 heterocycles. The second kappa shape index (κ2) is 9.71. The van der Waals surface area contributed by atoms with Gasteiger partial charge in [-0.1, -0.05) is 11.6 Å². The van der Waals surface area contributed by atoms with Gasteiger partial charge < -0.3 is 20.1 Å². The van der Waals surface area contributed by atoms with E-state index in [2.05, 4.69) is 10.3 Å². The van der Waals surface area contributed by atoms with Gasteiger partial charge in [-0.2, -0.15) is 4.31 Å². The topological polar surface area (TPSA) is 112 Å². The summed E-state index contributed by atoms with van der Waals surface area (Å²) in [7, 11) is -4.05. The number of hydrogen-bond donors (Lipinski definition) is 2. The lowest BCUT2D eigenvalue weighted by atomic mass is 9.80. The van der Waals surface area contributed by atoms with Gasteiger partial charge in [0.2, 0.25) is 15.9 Å². The maximum atomic E-state index is 13.9. The van der Waals surface area contributed by atoms with Crippen molar-refractivity contribution in [2.45, 2.75) is 24.5 Å². The zero-order chi connectivity index (χ0) is 25.5. The third-order valence-corrected chi connectivity index (χ3v) is 9.12. The number of benzene rings is 1. The number of fused-ring (bicyclic) bond motifs is 1. The van der Waals surface area contributed by atoms with Gasteiger partial charge in [0.15, 0.2) is 0 Å². The first kappa shape index (κ1) is 25.1. The van der Waals surface area contributed by atoms with E-state index >= 15 is 0 Å². The Morgan fingerprint density at radius 1 is 1.19 bits per heavy atom. The van der Waals surface area contributed by atoms with Crippen LogP contribution in [0.3, 0.4) is 0 Å². The minimum absolute atomic E-state index is 0.0448. The SMILES string of the molecule is O=C1CN(S(=O)(=O)C2=Cc3cc(F)c(Cl)cc3OC2)CCN1C(c1ccncc1)C1(O)CCNCC1. The van der Waals surface area contributed by atoms with Crippen molar-refractivity contribution in [3.63, 3.8) is 0 Å². The number of piperazine rings is 1. The molecule has 3 aliphatic heterocycles. The minimum Gasteiger partial charge on any atom is -0.487 e. The number of carbonyl (C=O) groups excluding carboxylic acids is 1. The molecule has 0 aliphatic carbocycles. The van der Waals surface area contributed by atoms with Crippen molar-refractivity contribution < 1.29 is 27.4 Å². The normalized spacial score (nSPS) is 21.4. The maximum absolute atomic E-state index is 13.9. The van der Waals surface area contributed by atoms with E-state index in [0.717, 1.165) is 15.9 Å². The summed E-state index contributed by atoms with van der Waals surface area (Å²) in [5, 5.41) is 14.7. The molecule has 0 radical (unpaired) electrons. The van der Waals surface area contributed by atoms with Crippen molar-refractivity contribution in [3.05, 3.63) is 63.5 Å². The Kier molecular flexibility index (Phi) is 6.77. The molecule has 2 aromatic rings. The van der Waals surface area contributed by atoms with E-state index in [4.69, 9.17) is 16.3 Å². The molecule has 2 fully saturated rings. The van der Waals surface area contributed by atoms with Crippen LogP contribution in [0.1, 0.15) is 30.0 Å². The molecule has 1 aromatic heterocycles. The van der Waals surface area contributed by atoms with Crippen LogP contribution in [0.4, 0.5) is 4.39 Å². The summed E-state index contributed by atoms with van der Waals surface area (Å²) in [6.07, 6.45) is 5.48. The summed E-state index contributed by atoms with van der Waals surface area (Å²) in [5.74, 6) is -0.804. The van der Waals surface area contributed by atoms with Gasteiger partial charge in [0.25, 0.3) is 0 Å². The van der Waals surface area contributed by atoms with Crippen LogP contribution in [0.5, 0.6) is 5.75 Å². The fourth-order valence-electron chi connectivity index (χ4n) is 5.06. The van der Waals surface area contributed by atoms with E-state index < -0.39 is 33.4 Å². The minimum atomic E-state index is -4.05. The molecule has 192 valence electrons. The first-order valence-electron chi connectivity index (χ1n) is 11.6. The summed E-state index contributed by atoms with van der Waals surface area (Å²) in [6.45, 7) is 0.749. The van der Waals surface area contributed by atoms with E-state index in [1.807, 2.05) is 0 Å². The number of aliphatic hydroxyl groups is 1. The fourth-order valence-corrected chi connectivity index (χ4v) is 6.63. The first-order chi connectivity index (χ1) is 17.2. The van der Waals surface area contributed by atoms with Gasteiger partial charge in [-0.25, -0.2) is 12.8 Å². The van der Waals surface area contributed by atoms with Gasteiger partial charge in [0.05, 0.1) is 28.1 Å². The summed E-state index contributed by atoms with van der Waals surface area (Å²) < 4.78 is 47.3. The molecule has 9 nitrogen and oxygen atoms in total. The Balaban J connectivity index is 1.39. The van der Waals surface area contributed by atoms with Crippen molar-refractivity contribution in [3.8, 4) is 5.75 Å². The third-order valence-electron chi connectivity index (χ3n) is 6.94. The number of nitrogens with one attached hydrogen (secondary N) is 1. The monoisotopic (exact) mass is 536 g/mol. The number of carbonyl (C=O) groups is 1. The summed E-state index contributed by atoms with van der Waals surface area (Å²) in [4.78, 5) is 18.9. The lowest BCUT2D eigenvalue weighted by Gasteiger charge is -2.47. The molecular weight excluding hydrogens is 511 g/mol. The summed E-state index contributed by atoms with van der Waals surface area (Å²) in [5.41, 5.74) is -0.143. The fraction of sp³-hybridized carbons (Fsp3) is 0.417. The number of amides is 1. The van der Waals surface area contributed by atoms with Crippen LogP contribution in [0, 0.1) is 5.82 Å². The molecule has 36 heavy (non-hydrogen) atoms. The van der Waals surface area contributed by atoms with E-state index in [1.165, 1.54) is 12.1 Å². The van der Waals surface area contributed by atoms with Crippen LogP contribution in [0.15, 0.2) is 41.6 Å². The second-order valence-electron chi connectivity index (χ2n) is 9.17. The van der Waals surface area contributed by atoms with Crippen LogP contribution in [0.25, 0.3) is 6.08 Å². The molecule has 0 saturated carbocycles. The largest absolute Gasteiger partial charge is 0.487 e. The lowest BCUT2D eigenvalue weighted by molar-refractivity contribution is -0.147. The van der Waals surface area contributed by atoms with Gasteiger partial charge in [0.1, 0.15) is 18.2 Å². The molecule has 1 atom stereocenters. The Hall–Kier alpha value is -2.57. The highest BCUT2D eigenvalue weighted by Crippen LogP contribution is 2.39. The molecule has 2 saturated heterocycles. The number of sulfonamides is 1. The highest BCUT2D eigenvalue weighted by molar-refractivity contribution is 7.93. The van der Waals surface area contributed by atoms with Crippen LogP contribution in [-0.4, -0.2) is 78.6 Å². The predicted octanol–water partition coefficient (Wildman–Crippen LogP) is 1.94. The number of nitrogens with zero attached hydrogens (tertiary/aromatic N) is 3. The van der Waals surface area contributed by atoms with Crippen molar-refractivity contribution in [1.82, 2.24) is 19.5 Å². The third kappa shape index (κ3) is 4.61. The quantitative estimate of drug-likeness (QED) is 0.600. The van der Waals surface area contributed by atoms with Gasteiger partial charge in [-0.15, -0.1) is 0 Å². The zero-order valence-electron chi connectivity index (χ0n) is 19.4. The lowest BCUT2D eigenvalue weighted by Crippen LogP contribution is -2.59. The average Bonchev–Trinajstić information content (AvgIpc) is 2.86. The molecule has 1 amide bonds. The molecule has 1 unspecified atom stereocenters. The first-order valence-corrected chi connectivity index (χ1v) is 13.5. The Labute approximate surface area is 213 Å². The van der Waals surface area contributed by atoms with Crippen LogP contribution in [-0.2, 0) is 14.8 Å². The standard InChI is InChI=1S/C24H26ClFN4O5S/c25-19-13-21-17(12-20(19)26)11-18(15-35-21)36(33,34)29-9-10-30(22(31)14-29)23(16-1-5-27-6-2-16)24(32)3-7-28-8-4-24/h1-2,5-6,11-13,23,28,32H,3-4,7-10,14-15H2. The molecule has 2 N–H and O–H groups in total. The molecule has 0 spiro atoms. The Bertz CT molecular complexity index is 1300. The van der Waals surface area contributed by atoms with Crippen molar-refractivity contribution in [1.29, 1.82) is 0 Å². The molecule has 5 rings (SSSR count). The number of pyridine rings is 1. The zero-order valence-corrected chi connectivity index (χ0v) is 20.9. The van der Waals surface area contributed by atoms with E-state index in [9.17, 15) is 22.7 Å². The van der Waals surface area contributed by atoms with Crippen molar-refractivity contribution in [2.75, 3.05) is 39.3 Å². The Morgan fingerprint density at radius 2 is 1.92 bits per heavy atom. The summed E-state index contributed by atoms with van der Waals surface area (Å²) >= 11 is 5.79. The molecule has 12 heteroatoms. The number of piperidine rings is 1. The van der Waals surface area contributed by atoms with Gasteiger partial charge >= 0.3 is 0 Å². The molecule has 0 bridgehead atoms. The Morgan fingerprint density at radius 3 is 2.61 bits per heavy atom. The van der Waals surface area contributed by atoms with Crippen molar-refractivity contribution >= 4 is 33.6 Å². The maximum Gasteiger partial charge on any atom is 0.243 e. The molecule has 3 aliphatic rings. The van der Waals surface area contributed by atoms with Crippen LogP contribution < -0.4 is 10.1 Å². The van der Waals surface area contributed by atoms with Crippen LogP contribution >= 0.6 is 11.6 Å². The number of ether oxygens (including phenoxy) is 1. The van der Waals surface area contributed by atoms with Crippen LogP contribution in [0.2, 0.25) is 5.02 Å².